The van der Waals surface area contributed by atoms with E-state index in [1.807, 2.05) is 6.26 Å². The number of unbranched alkanes of at least 4 members (excludes halogenated alkanes) is 1. The molecular weight excluding hydrogens is 418 g/mol. The van der Waals surface area contributed by atoms with E-state index in [1.165, 1.54) is 11.8 Å². The molecular formula is C17H31N5O7S. The van der Waals surface area contributed by atoms with E-state index in [1.54, 1.807) is 0 Å². The summed E-state index contributed by atoms with van der Waals surface area (Å²) in [7, 11) is 0. The van der Waals surface area contributed by atoms with Gasteiger partial charge in [-0.25, -0.2) is 4.79 Å². The third kappa shape index (κ3) is 11.6. The van der Waals surface area contributed by atoms with Crippen molar-refractivity contribution in [2.75, 3.05) is 25.1 Å². The smallest absolute Gasteiger partial charge is 0.326 e. The van der Waals surface area contributed by atoms with Gasteiger partial charge in [0.15, 0.2) is 0 Å². The van der Waals surface area contributed by atoms with E-state index in [0.29, 0.717) is 31.6 Å². The van der Waals surface area contributed by atoms with Gasteiger partial charge in [-0.15, -0.1) is 0 Å². The van der Waals surface area contributed by atoms with Crippen LogP contribution in [0.3, 0.4) is 0 Å². The third-order valence-corrected chi connectivity index (χ3v) is 4.66. The first-order valence-electron chi connectivity index (χ1n) is 9.40. The minimum absolute atomic E-state index is 0.161. The Kier molecular flexibility index (Phi) is 14.2. The molecule has 0 saturated heterocycles. The highest BCUT2D eigenvalue weighted by molar-refractivity contribution is 7.98. The van der Waals surface area contributed by atoms with E-state index in [2.05, 4.69) is 16.0 Å². The van der Waals surface area contributed by atoms with Crippen LogP contribution in [0, 0.1) is 0 Å². The first kappa shape index (κ1) is 27.6. The van der Waals surface area contributed by atoms with Crippen molar-refractivity contribution in [3.63, 3.8) is 0 Å². The predicted molar refractivity (Wildman–Crippen MR) is 111 cm³/mol. The molecule has 0 spiro atoms. The monoisotopic (exact) mass is 449 g/mol. The molecule has 0 saturated carbocycles. The summed E-state index contributed by atoms with van der Waals surface area (Å²) < 4.78 is 0. The lowest BCUT2D eigenvalue weighted by atomic mass is 10.1. The zero-order valence-corrected chi connectivity index (χ0v) is 17.7. The molecule has 0 bridgehead atoms. The summed E-state index contributed by atoms with van der Waals surface area (Å²) in [5.41, 5.74) is 10.7. The molecule has 30 heavy (non-hydrogen) atoms. The van der Waals surface area contributed by atoms with E-state index < -0.39 is 54.2 Å². The zero-order valence-electron chi connectivity index (χ0n) is 16.9. The Labute approximate surface area is 178 Å². The molecule has 0 radical (unpaired) electrons. The van der Waals surface area contributed by atoms with Crippen molar-refractivity contribution in [1.82, 2.24) is 16.0 Å². The van der Waals surface area contributed by atoms with Gasteiger partial charge in [-0.2, -0.15) is 11.8 Å². The fraction of sp³-hybridized carbons (Fsp3) is 0.706. The Hall–Kier alpha value is -2.38. The molecule has 172 valence electrons. The Balaban J connectivity index is 5.32. The number of thioether (sulfide) groups is 1. The number of carboxylic acid groups (broad SMARTS) is 2. The highest BCUT2D eigenvalue weighted by atomic mass is 32.2. The van der Waals surface area contributed by atoms with Gasteiger partial charge < -0.3 is 37.6 Å². The van der Waals surface area contributed by atoms with Gasteiger partial charge in [0.25, 0.3) is 0 Å². The molecule has 3 atom stereocenters. The number of rotatable bonds is 16. The summed E-state index contributed by atoms with van der Waals surface area (Å²) >= 11 is 1.46. The highest BCUT2D eigenvalue weighted by Gasteiger charge is 2.30. The Morgan fingerprint density at radius 2 is 1.43 bits per heavy atom. The minimum atomic E-state index is -1.65. The summed E-state index contributed by atoms with van der Waals surface area (Å²) in [6, 6.07) is -3.69. The second-order valence-electron chi connectivity index (χ2n) is 6.45. The van der Waals surface area contributed by atoms with Crippen LogP contribution in [0.2, 0.25) is 0 Å². The number of aliphatic carboxylic acids is 2. The molecule has 0 heterocycles. The molecule has 0 aliphatic carbocycles. The molecule has 0 aliphatic heterocycles. The number of carbonyl (C=O) groups is 5. The van der Waals surface area contributed by atoms with Gasteiger partial charge in [-0.05, 0) is 44.2 Å². The maximum absolute atomic E-state index is 12.7. The van der Waals surface area contributed by atoms with Crippen molar-refractivity contribution >= 4 is 41.4 Å². The molecule has 9 N–H and O–H groups in total. The summed E-state index contributed by atoms with van der Waals surface area (Å²) in [5, 5.41) is 25.1. The predicted octanol–water partition coefficient (Wildman–Crippen LogP) is -2.16. The van der Waals surface area contributed by atoms with E-state index in [4.69, 9.17) is 21.7 Å². The number of hydrogen-bond acceptors (Lipinski definition) is 8. The van der Waals surface area contributed by atoms with E-state index >= 15 is 0 Å². The van der Waals surface area contributed by atoms with Crippen molar-refractivity contribution in [1.29, 1.82) is 0 Å². The van der Waals surface area contributed by atoms with Crippen LogP contribution in [-0.2, 0) is 24.0 Å². The SMILES string of the molecule is CSCCC(NC(=O)CN)C(=O)NC(CCCCN)C(=O)NC(CC(=O)O)C(=O)O. The fourth-order valence-corrected chi connectivity index (χ4v) is 2.91. The van der Waals surface area contributed by atoms with E-state index in [9.17, 15) is 24.0 Å². The third-order valence-electron chi connectivity index (χ3n) is 4.02. The minimum Gasteiger partial charge on any atom is -0.481 e. The summed E-state index contributed by atoms with van der Waals surface area (Å²) in [4.78, 5) is 58.9. The number of hydrogen-bond donors (Lipinski definition) is 7. The second-order valence-corrected chi connectivity index (χ2v) is 7.43. The lowest BCUT2D eigenvalue weighted by molar-refractivity contribution is -0.147. The Morgan fingerprint density at radius 1 is 0.867 bits per heavy atom. The molecule has 13 heteroatoms. The fourth-order valence-electron chi connectivity index (χ4n) is 2.44. The number of amides is 3. The maximum Gasteiger partial charge on any atom is 0.326 e. The summed E-state index contributed by atoms with van der Waals surface area (Å²) in [5.74, 6) is -4.33. The van der Waals surface area contributed by atoms with Gasteiger partial charge in [-0.1, -0.05) is 0 Å². The topological polar surface area (TPSA) is 214 Å². The number of nitrogens with two attached hydrogens (primary N) is 2. The number of carbonyl (C=O) groups excluding carboxylic acids is 3. The second kappa shape index (κ2) is 15.5. The number of nitrogens with one attached hydrogen (secondary N) is 3. The largest absolute Gasteiger partial charge is 0.481 e. The normalized spacial score (nSPS) is 13.6. The van der Waals surface area contributed by atoms with E-state index in [0.717, 1.165) is 0 Å². The first-order chi connectivity index (χ1) is 14.2. The Bertz CT molecular complexity index is 605. The molecule has 0 aromatic carbocycles. The van der Waals surface area contributed by atoms with Gasteiger partial charge >= 0.3 is 11.9 Å². The van der Waals surface area contributed by atoms with Crippen LogP contribution < -0.4 is 27.4 Å². The lowest BCUT2D eigenvalue weighted by Crippen LogP contribution is -2.56. The summed E-state index contributed by atoms with van der Waals surface area (Å²) in [6.45, 7) is 0.0564. The van der Waals surface area contributed by atoms with Gasteiger partial charge in [0, 0.05) is 0 Å². The van der Waals surface area contributed by atoms with Crippen LogP contribution in [0.25, 0.3) is 0 Å². The van der Waals surface area contributed by atoms with Crippen molar-refractivity contribution in [2.24, 2.45) is 11.5 Å². The molecule has 0 aromatic heterocycles. The van der Waals surface area contributed by atoms with Crippen LogP contribution in [0.15, 0.2) is 0 Å². The quantitative estimate of drug-likeness (QED) is 0.127. The molecule has 12 nitrogen and oxygen atoms in total. The molecule has 0 fully saturated rings. The average Bonchev–Trinajstić information content (AvgIpc) is 2.68. The van der Waals surface area contributed by atoms with Crippen LogP contribution in [0.1, 0.15) is 32.1 Å². The van der Waals surface area contributed by atoms with Crippen LogP contribution in [-0.4, -0.2) is 83.1 Å². The van der Waals surface area contributed by atoms with Gasteiger partial charge in [0.05, 0.1) is 13.0 Å². The maximum atomic E-state index is 12.7. The highest BCUT2D eigenvalue weighted by Crippen LogP contribution is 2.06. The molecule has 3 unspecified atom stereocenters. The molecule has 0 aromatic rings. The van der Waals surface area contributed by atoms with Crippen LogP contribution in [0.4, 0.5) is 0 Å². The van der Waals surface area contributed by atoms with Crippen molar-refractivity contribution in [3.05, 3.63) is 0 Å². The standard InChI is InChI=1S/C17H31N5O7S/c1-30-7-5-11(20-13(23)9-19)16(27)21-10(4-2-3-6-18)15(26)22-12(17(28)29)8-14(24)25/h10-12H,2-9,18-19H2,1H3,(H,20,23)(H,21,27)(H,22,26)(H,24,25)(H,28,29). The van der Waals surface area contributed by atoms with Crippen LogP contribution >= 0.6 is 11.8 Å². The van der Waals surface area contributed by atoms with Crippen LogP contribution in [0.5, 0.6) is 0 Å². The Morgan fingerprint density at radius 3 is 1.90 bits per heavy atom. The first-order valence-corrected chi connectivity index (χ1v) is 10.8. The van der Waals surface area contributed by atoms with Gasteiger partial charge in [0.2, 0.25) is 17.7 Å². The van der Waals surface area contributed by atoms with Gasteiger partial charge in [0.1, 0.15) is 18.1 Å². The number of carboxylic acids is 2. The average molecular weight is 450 g/mol. The lowest BCUT2D eigenvalue weighted by Gasteiger charge is -2.24. The van der Waals surface area contributed by atoms with E-state index in [-0.39, 0.29) is 13.0 Å². The van der Waals surface area contributed by atoms with Crippen molar-refractivity contribution in [3.8, 4) is 0 Å². The molecule has 3 amide bonds. The summed E-state index contributed by atoms with van der Waals surface area (Å²) in [6.07, 6.45) is 2.51. The van der Waals surface area contributed by atoms with Crippen molar-refractivity contribution < 1.29 is 34.2 Å². The molecule has 0 aliphatic rings. The molecule has 0 rings (SSSR count). The zero-order chi connectivity index (χ0) is 23.1. The van der Waals surface area contributed by atoms with Gasteiger partial charge in [-0.3, -0.25) is 19.2 Å². The van der Waals surface area contributed by atoms with Crippen molar-refractivity contribution in [2.45, 2.75) is 50.2 Å².